The molecule has 0 aliphatic heterocycles. The second-order valence-corrected chi connectivity index (χ2v) is 5.68. The van der Waals surface area contributed by atoms with Gasteiger partial charge in [-0.2, -0.15) is 0 Å². The molecule has 0 spiro atoms. The van der Waals surface area contributed by atoms with E-state index in [0.29, 0.717) is 27.3 Å². The molecule has 2 N–H and O–H groups in total. The third-order valence-corrected chi connectivity index (χ3v) is 3.53. The highest BCUT2D eigenvalue weighted by Crippen LogP contribution is 2.25. The number of hydrogen-bond acceptors (Lipinski definition) is 2. The average Bonchev–Trinajstić information content (AvgIpc) is 2.44. The molecule has 1 amide bonds. The van der Waals surface area contributed by atoms with Crippen molar-refractivity contribution < 1.29 is 4.79 Å². The number of amides is 1. The Kier molecular flexibility index (Phi) is 5.88. The van der Waals surface area contributed by atoms with Crippen LogP contribution in [0.3, 0.4) is 0 Å². The third-order valence-electron chi connectivity index (χ3n) is 2.73. The number of carbonyl (C=O) groups is 1. The first-order chi connectivity index (χ1) is 10.0. The number of nitrogens with one attached hydrogen (secondary N) is 2. The van der Waals surface area contributed by atoms with Gasteiger partial charge in [-0.05, 0) is 35.9 Å². The molecule has 6 heteroatoms. The van der Waals surface area contributed by atoms with Gasteiger partial charge in [0.15, 0.2) is 0 Å². The summed E-state index contributed by atoms with van der Waals surface area (Å²) in [6.07, 6.45) is 0. The predicted octanol–water partition coefficient (Wildman–Crippen LogP) is 4.38. The number of rotatable bonds is 5. The van der Waals surface area contributed by atoms with Gasteiger partial charge >= 0.3 is 0 Å². The van der Waals surface area contributed by atoms with Gasteiger partial charge in [-0.25, -0.2) is 0 Å². The highest BCUT2D eigenvalue weighted by molar-refractivity contribution is 6.36. The van der Waals surface area contributed by atoms with E-state index >= 15 is 0 Å². The standard InChI is InChI=1S/C15H13Cl3N2O/c16-11-3-1-10(2-4-11)8-19-9-15(21)20-14-6-5-12(17)7-13(14)18/h1-7,19H,8-9H2,(H,20,21). The number of hydrogen-bond donors (Lipinski definition) is 2. The van der Waals surface area contributed by atoms with Crippen LogP contribution in [0.15, 0.2) is 42.5 Å². The second-order valence-electron chi connectivity index (χ2n) is 4.40. The number of benzene rings is 2. The first-order valence-corrected chi connectivity index (χ1v) is 7.38. The Labute approximate surface area is 138 Å². The van der Waals surface area contributed by atoms with Crippen LogP contribution in [-0.2, 0) is 11.3 Å². The van der Waals surface area contributed by atoms with Gasteiger partial charge in [-0.3, -0.25) is 4.79 Å². The van der Waals surface area contributed by atoms with Crippen molar-refractivity contribution in [3.63, 3.8) is 0 Å². The van der Waals surface area contributed by atoms with Crippen molar-refractivity contribution in [2.75, 3.05) is 11.9 Å². The Morgan fingerprint density at radius 3 is 2.29 bits per heavy atom. The van der Waals surface area contributed by atoms with Crippen molar-refractivity contribution in [2.24, 2.45) is 0 Å². The molecular weight excluding hydrogens is 331 g/mol. The van der Waals surface area contributed by atoms with E-state index in [9.17, 15) is 4.79 Å². The van der Waals surface area contributed by atoms with Crippen molar-refractivity contribution in [3.8, 4) is 0 Å². The maximum atomic E-state index is 11.8. The van der Waals surface area contributed by atoms with Crippen LogP contribution in [0, 0.1) is 0 Å². The Morgan fingerprint density at radius 1 is 0.952 bits per heavy atom. The maximum Gasteiger partial charge on any atom is 0.238 e. The SMILES string of the molecule is O=C(CNCc1ccc(Cl)cc1)Nc1ccc(Cl)cc1Cl. The minimum absolute atomic E-state index is 0.173. The minimum atomic E-state index is -0.173. The molecule has 2 aromatic carbocycles. The van der Waals surface area contributed by atoms with Crippen LogP contribution in [0.25, 0.3) is 0 Å². The summed E-state index contributed by atoms with van der Waals surface area (Å²) >= 11 is 17.6. The highest BCUT2D eigenvalue weighted by Gasteiger charge is 2.06. The Bertz CT molecular complexity index is 629. The molecule has 3 nitrogen and oxygen atoms in total. The molecule has 2 aromatic rings. The van der Waals surface area contributed by atoms with Crippen LogP contribution < -0.4 is 10.6 Å². The van der Waals surface area contributed by atoms with Crippen LogP contribution in [0.5, 0.6) is 0 Å². The quantitative estimate of drug-likeness (QED) is 0.846. The lowest BCUT2D eigenvalue weighted by Gasteiger charge is -2.08. The van der Waals surface area contributed by atoms with E-state index in [1.807, 2.05) is 24.3 Å². The molecule has 0 atom stereocenters. The smallest absolute Gasteiger partial charge is 0.238 e. The van der Waals surface area contributed by atoms with Crippen LogP contribution in [0.2, 0.25) is 15.1 Å². The molecule has 0 aliphatic rings. The van der Waals surface area contributed by atoms with Crippen LogP contribution in [-0.4, -0.2) is 12.5 Å². The topological polar surface area (TPSA) is 41.1 Å². The predicted molar refractivity (Wildman–Crippen MR) is 88.3 cm³/mol. The second kappa shape index (κ2) is 7.66. The lowest BCUT2D eigenvalue weighted by atomic mass is 10.2. The van der Waals surface area contributed by atoms with E-state index in [-0.39, 0.29) is 12.5 Å². The van der Waals surface area contributed by atoms with Crippen molar-refractivity contribution in [2.45, 2.75) is 6.54 Å². The lowest BCUT2D eigenvalue weighted by molar-refractivity contribution is -0.115. The van der Waals surface area contributed by atoms with Crippen LogP contribution in [0.1, 0.15) is 5.56 Å². The zero-order valence-electron chi connectivity index (χ0n) is 11.0. The van der Waals surface area contributed by atoms with E-state index < -0.39 is 0 Å². The first-order valence-electron chi connectivity index (χ1n) is 6.24. The molecule has 0 aliphatic carbocycles. The lowest BCUT2D eigenvalue weighted by Crippen LogP contribution is -2.27. The van der Waals surface area contributed by atoms with Gasteiger partial charge in [0, 0.05) is 16.6 Å². The van der Waals surface area contributed by atoms with Crippen LogP contribution in [0.4, 0.5) is 5.69 Å². The molecule has 0 saturated heterocycles. The summed E-state index contributed by atoms with van der Waals surface area (Å²) in [6.45, 7) is 0.764. The Morgan fingerprint density at radius 2 is 1.62 bits per heavy atom. The third kappa shape index (κ3) is 5.21. The highest BCUT2D eigenvalue weighted by atomic mass is 35.5. The normalized spacial score (nSPS) is 10.4. The van der Waals surface area contributed by atoms with Crippen molar-refractivity contribution in [3.05, 3.63) is 63.1 Å². The maximum absolute atomic E-state index is 11.8. The molecule has 0 aromatic heterocycles. The molecule has 2 rings (SSSR count). The van der Waals surface area contributed by atoms with Crippen molar-refractivity contribution in [1.29, 1.82) is 0 Å². The van der Waals surface area contributed by atoms with Gasteiger partial charge in [-0.1, -0.05) is 46.9 Å². The summed E-state index contributed by atoms with van der Waals surface area (Å²) < 4.78 is 0. The van der Waals surface area contributed by atoms with E-state index in [4.69, 9.17) is 34.8 Å². The van der Waals surface area contributed by atoms with Gasteiger partial charge in [0.05, 0.1) is 17.3 Å². The molecule has 0 saturated carbocycles. The van der Waals surface area contributed by atoms with E-state index in [2.05, 4.69) is 10.6 Å². The summed E-state index contributed by atoms with van der Waals surface area (Å²) in [5.41, 5.74) is 1.59. The Hall–Kier alpha value is -1.26. The Balaban J connectivity index is 1.81. The summed E-state index contributed by atoms with van der Waals surface area (Å²) in [6, 6.07) is 12.4. The fourth-order valence-electron chi connectivity index (χ4n) is 1.71. The van der Waals surface area contributed by atoms with Gasteiger partial charge in [0.1, 0.15) is 0 Å². The van der Waals surface area contributed by atoms with E-state index in [1.54, 1.807) is 18.2 Å². The summed E-state index contributed by atoms with van der Waals surface area (Å²) in [7, 11) is 0. The minimum Gasteiger partial charge on any atom is -0.324 e. The van der Waals surface area contributed by atoms with Crippen molar-refractivity contribution in [1.82, 2.24) is 5.32 Å². The summed E-state index contributed by atoms with van der Waals surface area (Å²) in [4.78, 5) is 11.8. The van der Waals surface area contributed by atoms with Gasteiger partial charge < -0.3 is 10.6 Å². The van der Waals surface area contributed by atoms with Crippen molar-refractivity contribution >= 4 is 46.4 Å². The fourth-order valence-corrected chi connectivity index (χ4v) is 2.29. The largest absolute Gasteiger partial charge is 0.324 e. The molecule has 0 bridgehead atoms. The molecule has 0 unspecified atom stereocenters. The molecule has 0 heterocycles. The number of carbonyl (C=O) groups excluding carboxylic acids is 1. The average molecular weight is 344 g/mol. The zero-order valence-corrected chi connectivity index (χ0v) is 13.3. The molecule has 110 valence electrons. The van der Waals surface area contributed by atoms with E-state index in [1.165, 1.54) is 0 Å². The van der Waals surface area contributed by atoms with Gasteiger partial charge in [0.25, 0.3) is 0 Å². The van der Waals surface area contributed by atoms with Gasteiger partial charge in [-0.15, -0.1) is 0 Å². The number of anilines is 1. The molecule has 0 fully saturated rings. The summed E-state index contributed by atoms with van der Waals surface area (Å²) in [5.74, 6) is -0.173. The fraction of sp³-hybridized carbons (Fsp3) is 0.133. The van der Waals surface area contributed by atoms with E-state index in [0.717, 1.165) is 5.56 Å². The molecule has 0 radical (unpaired) electrons. The van der Waals surface area contributed by atoms with Gasteiger partial charge in [0.2, 0.25) is 5.91 Å². The zero-order chi connectivity index (χ0) is 15.2. The first kappa shape index (κ1) is 16.1. The van der Waals surface area contributed by atoms with Crippen LogP contribution >= 0.6 is 34.8 Å². The number of halogens is 3. The monoisotopic (exact) mass is 342 g/mol. The molecule has 21 heavy (non-hydrogen) atoms. The molecular formula is C15H13Cl3N2O. The summed E-state index contributed by atoms with van der Waals surface area (Å²) in [5, 5.41) is 7.39.